The zero-order chi connectivity index (χ0) is 15.5. The van der Waals surface area contributed by atoms with Crippen LogP contribution in [0.3, 0.4) is 0 Å². The number of likely N-dealkylation sites (tertiary alicyclic amines) is 1. The van der Waals surface area contributed by atoms with Gasteiger partial charge in [0.1, 0.15) is 11.9 Å². The number of aliphatic hydroxyl groups excluding tert-OH is 1. The summed E-state index contributed by atoms with van der Waals surface area (Å²) in [5, 5.41) is 10.5. The number of nitrogens with zero attached hydrogens (tertiary/aromatic N) is 1. The summed E-state index contributed by atoms with van der Waals surface area (Å²) in [4.78, 5) is 14.4. The lowest BCUT2D eigenvalue weighted by molar-refractivity contribution is -0.140. The monoisotopic (exact) mass is 323 g/mol. The summed E-state index contributed by atoms with van der Waals surface area (Å²) in [5.74, 6) is 0.529. The molecule has 4 nitrogen and oxygen atoms in total. The lowest BCUT2D eigenvalue weighted by Gasteiger charge is -2.35. The molecule has 5 heteroatoms. The average Bonchev–Trinajstić information content (AvgIpc) is 2.95. The third kappa shape index (κ3) is 3.39. The van der Waals surface area contributed by atoms with Crippen molar-refractivity contribution in [3.8, 4) is 5.75 Å². The van der Waals surface area contributed by atoms with Crippen LogP contribution in [0.15, 0.2) is 24.3 Å². The molecule has 1 heterocycles. The molecule has 2 fully saturated rings. The average molecular weight is 324 g/mol. The minimum Gasteiger partial charge on any atom is -0.487 e. The van der Waals surface area contributed by atoms with Gasteiger partial charge in [-0.15, -0.1) is 0 Å². The zero-order valence-corrected chi connectivity index (χ0v) is 13.3. The Labute approximate surface area is 136 Å². The van der Waals surface area contributed by atoms with E-state index >= 15 is 0 Å². The Morgan fingerprint density at radius 1 is 1.23 bits per heavy atom. The summed E-state index contributed by atoms with van der Waals surface area (Å²) in [5.41, 5.74) is 0. The summed E-state index contributed by atoms with van der Waals surface area (Å²) >= 11 is 6.13. The summed E-state index contributed by atoms with van der Waals surface area (Å²) in [6, 6.07) is 7.41. The molecule has 3 atom stereocenters. The molecular weight excluding hydrogens is 302 g/mol. The highest BCUT2D eigenvalue weighted by atomic mass is 35.5. The van der Waals surface area contributed by atoms with Gasteiger partial charge in [0.05, 0.1) is 23.6 Å². The highest BCUT2D eigenvalue weighted by Crippen LogP contribution is 2.30. The first-order valence-corrected chi connectivity index (χ1v) is 8.41. The summed E-state index contributed by atoms with van der Waals surface area (Å²) < 4.78 is 5.97. The van der Waals surface area contributed by atoms with E-state index in [1.54, 1.807) is 6.07 Å². The van der Waals surface area contributed by atoms with Crippen molar-refractivity contribution in [3.05, 3.63) is 29.3 Å². The largest absolute Gasteiger partial charge is 0.487 e. The fourth-order valence-electron chi connectivity index (χ4n) is 3.42. The third-order valence-corrected chi connectivity index (χ3v) is 4.93. The molecule has 0 spiro atoms. The number of amides is 1. The van der Waals surface area contributed by atoms with Crippen LogP contribution in [0.2, 0.25) is 5.02 Å². The van der Waals surface area contributed by atoms with Gasteiger partial charge in [0.25, 0.3) is 0 Å². The fraction of sp³-hybridized carbons (Fsp3) is 0.588. The van der Waals surface area contributed by atoms with E-state index in [1.807, 2.05) is 23.1 Å². The maximum Gasteiger partial charge on any atom is 0.228 e. The standard InChI is InChI=1S/C17H22ClNO3/c18-14-7-1-2-9-16(14)22-12-5-4-10-19(11-12)17(21)13-6-3-8-15(13)20/h1-2,7,9,12-13,15,20H,3-6,8,10-11H2. The maximum absolute atomic E-state index is 12.6. The summed E-state index contributed by atoms with van der Waals surface area (Å²) in [7, 11) is 0. The number of rotatable bonds is 3. The van der Waals surface area contributed by atoms with Crippen LogP contribution in [0.4, 0.5) is 0 Å². The van der Waals surface area contributed by atoms with Crippen LogP contribution in [0.25, 0.3) is 0 Å². The van der Waals surface area contributed by atoms with Gasteiger partial charge in [0.15, 0.2) is 0 Å². The lowest BCUT2D eigenvalue weighted by atomic mass is 10.0. The molecule has 3 rings (SSSR count). The second-order valence-electron chi connectivity index (χ2n) is 6.20. The second-order valence-corrected chi connectivity index (χ2v) is 6.61. The number of carbonyl (C=O) groups is 1. The molecule has 1 amide bonds. The molecule has 22 heavy (non-hydrogen) atoms. The molecule has 1 aliphatic carbocycles. The van der Waals surface area contributed by atoms with Crippen molar-refractivity contribution < 1.29 is 14.6 Å². The van der Waals surface area contributed by atoms with E-state index in [2.05, 4.69) is 0 Å². The molecule has 1 saturated heterocycles. The van der Waals surface area contributed by atoms with Crippen molar-refractivity contribution in [2.24, 2.45) is 5.92 Å². The van der Waals surface area contributed by atoms with Crippen LogP contribution in [-0.2, 0) is 4.79 Å². The second kappa shape index (κ2) is 6.88. The topological polar surface area (TPSA) is 49.8 Å². The Balaban J connectivity index is 1.62. The third-order valence-electron chi connectivity index (χ3n) is 4.62. The molecule has 0 bridgehead atoms. The van der Waals surface area contributed by atoms with E-state index in [1.165, 1.54) is 0 Å². The van der Waals surface area contributed by atoms with E-state index < -0.39 is 6.10 Å². The lowest BCUT2D eigenvalue weighted by Crippen LogP contribution is -2.47. The van der Waals surface area contributed by atoms with Crippen molar-refractivity contribution in [3.63, 3.8) is 0 Å². The molecule has 1 aromatic carbocycles. The van der Waals surface area contributed by atoms with Crippen molar-refractivity contribution >= 4 is 17.5 Å². The van der Waals surface area contributed by atoms with Crippen molar-refractivity contribution in [1.29, 1.82) is 0 Å². The number of piperidine rings is 1. The molecule has 120 valence electrons. The van der Waals surface area contributed by atoms with Crippen molar-refractivity contribution in [2.75, 3.05) is 13.1 Å². The van der Waals surface area contributed by atoms with E-state index in [9.17, 15) is 9.90 Å². The molecule has 3 unspecified atom stereocenters. The van der Waals surface area contributed by atoms with E-state index in [0.717, 1.165) is 38.6 Å². The van der Waals surface area contributed by atoms with Crippen LogP contribution < -0.4 is 4.74 Å². The first-order valence-electron chi connectivity index (χ1n) is 8.03. The van der Waals surface area contributed by atoms with Gasteiger partial charge >= 0.3 is 0 Å². The normalized spacial score (nSPS) is 28.6. The smallest absolute Gasteiger partial charge is 0.228 e. The number of halogens is 1. The Kier molecular flexibility index (Phi) is 4.89. The first-order chi connectivity index (χ1) is 10.6. The molecule has 1 saturated carbocycles. The van der Waals surface area contributed by atoms with Gasteiger partial charge in [-0.05, 0) is 44.2 Å². The van der Waals surface area contributed by atoms with Gasteiger partial charge in [0, 0.05) is 6.54 Å². The molecule has 1 aliphatic heterocycles. The Morgan fingerprint density at radius 2 is 2.05 bits per heavy atom. The molecule has 0 aromatic heterocycles. The van der Waals surface area contributed by atoms with Crippen LogP contribution in [0.1, 0.15) is 32.1 Å². The predicted octanol–water partition coefficient (Wildman–Crippen LogP) is 2.87. The van der Waals surface area contributed by atoms with E-state index in [0.29, 0.717) is 17.3 Å². The Morgan fingerprint density at radius 3 is 2.77 bits per heavy atom. The van der Waals surface area contributed by atoms with Gasteiger partial charge in [-0.2, -0.15) is 0 Å². The zero-order valence-electron chi connectivity index (χ0n) is 12.6. The number of para-hydroxylation sites is 1. The summed E-state index contributed by atoms with van der Waals surface area (Å²) in [6.45, 7) is 1.33. The Bertz CT molecular complexity index is 536. The van der Waals surface area contributed by atoms with Crippen molar-refractivity contribution in [2.45, 2.75) is 44.3 Å². The maximum atomic E-state index is 12.6. The number of aliphatic hydroxyl groups is 1. The quantitative estimate of drug-likeness (QED) is 0.930. The minimum absolute atomic E-state index is 0.0313. The molecule has 1 aromatic rings. The highest BCUT2D eigenvalue weighted by Gasteiger charge is 2.36. The van der Waals surface area contributed by atoms with E-state index in [-0.39, 0.29) is 17.9 Å². The van der Waals surface area contributed by atoms with Crippen LogP contribution in [0.5, 0.6) is 5.75 Å². The molecule has 1 N–H and O–H groups in total. The predicted molar refractivity (Wildman–Crippen MR) is 85.0 cm³/mol. The molecule has 0 radical (unpaired) electrons. The van der Waals surface area contributed by atoms with Crippen LogP contribution >= 0.6 is 11.6 Å². The van der Waals surface area contributed by atoms with E-state index in [4.69, 9.17) is 16.3 Å². The van der Waals surface area contributed by atoms with Gasteiger partial charge in [-0.1, -0.05) is 23.7 Å². The Hall–Kier alpha value is -1.26. The van der Waals surface area contributed by atoms with Crippen LogP contribution in [-0.4, -0.2) is 41.2 Å². The SMILES string of the molecule is O=C(C1CCCC1O)N1CCCC(Oc2ccccc2Cl)C1. The minimum atomic E-state index is -0.475. The number of carbonyl (C=O) groups excluding carboxylic acids is 1. The molecular formula is C17H22ClNO3. The van der Waals surface area contributed by atoms with Gasteiger partial charge in [0.2, 0.25) is 5.91 Å². The number of benzene rings is 1. The van der Waals surface area contributed by atoms with Gasteiger partial charge in [-0.25, -0.2) is 0 Å². The molecule has 2 aliphatic rings. The first kappa shape index (κ1) is 15.6. The summed E-state index contributed by atoms with van der Waals surface area (Å²) in [6.07, 6.45) is 3.81. The highest BCUT2D eigenvalue weighted by molar-refractivity contribution is 6.32. The fourth-order valence-corrected chi connectivity index (χ4v) is 3.60. The van der Waals surface area contributed by atoms with Crippen molar-refractivity contribution in [1.82, 2.24) is 4.90 Å². The van der Waals surface area contributed by atoms with Gasteiger partial charge < -0.3 is 14.7 Å². The number of hydrogen-bond donors (Lipinski definition) is 1. The number of hydrogen-bond acceptors (Lipinski definition) is 3. The number of ether oxygens (including phenoxy) is 1. The van der Waals surface area contributed by atoms with Gasteiger partial charge in [-0.3, -0.25) is 4.79 Å². The van der Waals surface area contributed by atoms with Crippen LogP contribution in [0, 0.1) is 5.92 Å².